The number of fused-ring (bicyclic) bond motifs is 1. The van der Waals surface area contributed by atoms with Crippen molar-refractivity contribution >= 4 is 34.5 Å². The van der Waals surface area contributed by atoms with Gasteiger partial charge in [0.1, 0.15) is 11.5 Å². The fourth-order valence-corrected chi connectivity index (χ4v) is 3.15. The SMILES string of the molecule is COC1=[C-]CC2(C)[NH+]=CC=C(Oc3ccc(N)cc3I)C2=C1.[CH3-].[U+2]. The Morgan fingerprint density at radius 1 is 1.38 bits per heavy atom. The summed E-state index contributed by atoms with van der Waals surface area (Å²) in [6.07, 6.45) is 9.78. The molecule has 0 fully saturated rings. The van der Waals surface area contributed by atoms with E-state index in [0.29, 0.717) is 0 Å². The summed E-state index contributed by atoms with van der Waals surface area (Å²) in [4.78, 5) is 3.38. The Balaban J connectivity index is 0.00000144. The van der Waals surface area contributed by atoms with Crippen molar-refractivity contribution in [3.05, 3.63) is 64.5 Å². The Morgan fingerprint density at radius 2 is 2.12 bits per heavy atom. The number of hydrogen-bond acceptors (Lipinski definition) is 3. The first-order valence-electron chi connectivity index (χ1n) is 6.93. The van der Waals surface area contributed by atoms with Gasteiger partial charge in [0.15, 0.2) is 11.8 Å². The van der Waals surface area contributed by atoms with Gasteiger partial charge in [-0.2, -0.15) is 6.08 Å². The summed E-state index contributed by atoms with van der Waals surface area (Å²) in [6.45, 7) is 2.12. The zero-order valence-electron chi connectivity index (χ0n) is 13.9. The van der Waals surface area contributed by atoms with E-state index in [-0.39, 0.29) is 44.1 Å². The zero-order valence-corrected chi connectivity index (χ0v) is 20.3. The van der Waals surface area contributed by atoms with Crippen LogP contribution in [0, 0.1) is 48.2 Å². The van der Waals surface area contributed by atoms with Crippen LogP contribution in [0.5, 0.6) is 5.75 Å². The molecule has 3 N–H and O–H groups in total. The minimum Gasteiger partial charge on any atom is -0.535 e. The van der Waals surface area contributed by atoms with Crippen molar-refractivity contribution in [2.75, 3.05) is 12.8 Å². The summed E-state index contributed by atoms with van der Waals surface area (Å²) >= 11 is 2.23. The molecule has 1 aromatic rings. The Labute approximate surface area is 180 Å². The summed E-state index contributed by atoms with van der Waals surface area (Å²) < 4.78 is 12.4. The van der Waals surface area contributed by atoms with Crippen LogP contribution in [0.4, 0.5) is 5.69 Å². The fourth-order valence-electron chi connectivity index (χ4n) is 2.50. The van der Waals surface area contributed by atoms with Crippen molar-refractivity contribution in [3.8, 4) is 5.75 Å². The van der Waals surface area contributed by atoms with Gasteiger partial charge in [0, 0.05) is 18.7 Å². The number of allylic oxidation sites excluding steroid dienone is 2. The van der Waals surface area contributed by atoms with Gasteiger partial charge < -0.3 is 22.6 Å². The average molecular weight is 661 g/mol. The Kier molecular flexibility index (Phi) is 7.64. The first-order chi connectivity index (χ1) is 10.5. The molecule has 2 aliphatic rings. The fraction of sp³-hybridized carbons (Fsp3) is 0.222. The van der Waals surface area contributed by atoms with E-state index >= 15 is 0 Å². The third-order valence-electron chi connectivity index (χ3n) is 3.78. The minimum atomic E-state index is -0.231. The summed E-state index contributed by atoms with van der Waals surface area (Å²) in [5, 5.41) is 0. The summed E-state index contributed by atoms with van der Waals surface area (Å²) in [5.41, 5.74) is 7.34. The van der Waals surface area contributed by atoms with Crippen LogP contribution >= 0.6 is 22.6 Å². The predicted octanol–water partition coefficient (Wildman–Crippen LogP) is 2.17. The molecule has 4 nitrogen and oxygen atoms in total. The molecule has 3 rings (SSSR count). The zero-order chi connectivity index (χ0) is 15.7. The van der Waals surface area contributed by atoms with Gasteiger partial charge in [0.25, 0.3) is 0 Å². The molecule has 1 heterocycles. The van der Waals surface area contributed by atoms with Crippen LogP contribution in [0.1, 0.15) is 13.3 Å². The Hall–Kier alpha value is -0.708. The quantitative estimate of drug-likeness (QED) is 0.297. The van der Waals surface area contributed by atoms with Crippen LogP contribution in [0.25, 0.3) is 0 Å². The van der Waals surface area contributed by atoms with E-state index in [0.717, 1.165) is 38.5 Å². The van der Waals surface area contributed by atoms with Crippen LogP contribution in [0.3, 0.4) is 0 Å². The molecule has 1 unspecified atom stereocenters. The molecule has 1 aliphatic heterocycles. The molecule has 1 aliphatic carbocycles. The van der Waals surface area contributed by atoms with Gasteiger partial charge >= 0.3 is 31.1 Å². The number of nitrogen functional groups attached to an aromatic ring is 1. The van der Waals surface area contributed by atoms with Crippen LogP contribution in [0.2, 0.25) is 0 Å². The van der Waals surface area contributed by atoms with Crippen molar-refractivity contribution in [2.24, 2.45) is 0 Å². The van der Waals surface area contributed by atoms with Crippen LogP contribution in [-0.2, 0) is 4.74 Å². The van der Waals surface area contributed by atoms with E-state index in [1.54, 1.807) is 7.11 Å². The van der Waals surface area contributed by atoms with Crippen molar-refractivity contribution in [3.63, 3.8) is 0 Å². The molecular formula is C18H20IN2O2U+. The van der Waals surface area contributed by atoms with E-state index in [4.69, 9.17) is 15.2 Å². The van der Waals surface area contributed by atoms with Crippen molar-refractivity contribution in [2.45, 2.75) is 18.9 Å². The number of anilines is 1. The van der Waals surface area contributed by atoms with Crippen molar-refractivity contribution in [1.29, 1.82) is 0 Å². The molecule has 0 saturated heterocycles. The monoisotopic (exact) mass is 661 g/mol. The molecule has 0 aromatic heterocycles. The molecule has 0 amide bonds. The number of nitrogens with one attached hydrogen (secondary N) is 1. The maximum atomic E-state index is 6.13. The molecule has 1 atom stereocenters. The molecule has 0 bridgehead atoms. The summed E-state index contributed by atoms with van der Waals surface area (Å²) in [7, 11) is 1.65. The second-order valence-corrected chi connectivity index (χ2v) is 6.61. The van der Waals surface area contributed by atoms with Gasteiger partial charge in [-0.3, -0.25) is 0 Å². The molecule has 124 valence electrons. The van der Waals surface area contributed by atoms with Crippen LogP contribution in [0.15, 0.2) is 47.4 Å². The Bertz CT molecular complexity index is 741. The number of hydrogen-bond donors (Lipinski definition) is 2. The van der Waals surface area contributed by atoms with Crippen molar-refractivity contribution < 1.29 is 45.6 Å². The van der Waals surface area contributed by atoms with E-state index in [1.165, 1.54) is 0 Å². The van der Waals surface area contributed by atoms with E-state index in [9.17, 15) is 0 Å². The predicted molar refractivity (Wildman–Crippen MR) is 101 cm³/mol. The third kappa shape index (κ3) is 4.27. The average Bonchev–Trinajstić information content (AvgIpc) is 2.49. The smallest absolute Gasteiger partial charge is 0.535 e. The van der Waals surface area contributed by atoms with Crippen LogP contribution < -0.4 is 15.5 Å². The third-order valence-corrected chi connectivity index (χ3v) is 4.63. The number of benzene rings is 1. The second kappa shape index (κ2) is 8.59. The molecule has 0 saturated carbocycles. The number of rotatable bonds is 3. The maximum Gasteiger partial charge on any atom is 2.00 e. The van der Waals surface area contributed by atoms with Crippen LogP contribution in [-0.4, -0.2) is 18.9 Å². The van der Waals surface area contributed by atoms with Gasteiger partial charge in [-0.05, 0) is 52.8 Å². The molecule has 6 heteroatoms. The number of ether oxygens (including phenoxy) is 2. The van der Waals surface area contributed by atoms with Gasteiger partial charge in [-0.25, -0.2) is 11.1 Å². The summed E-state index contributed by atoms with van der Waals surface area (Å²) in [6, 6.07) is 5.62. The van der Waals surface area contributed by atoms with Crippen molar-refractivity contribution in [1.82, 2.24) is 0 Å². The van der Waals surface area contributed by atoms with Gasteiger partial charge in [-0.1, -0.05) is 5.76 Å². The normalized spacial score (nSPS) is 21.2. The molecular weight excluding hydrogens is 641 g/mol. The van der Waals surface area contributed by atoms with E-state index < -0.39 is 0 Å². The minimum absolute atomic E-state index is 0. The van der Waals surface area contributed by atoms with E-state index in [2.05, 4.69) is 40.6 Å². The maximum absolute atomic E-state index is 6.13. The van der Waals surface area contributed by atoms with Gasteiger partial charge in [0.05, 0.1) is 10.7 Å². The van der Waals surface area contributed by atoms with E-state index in [1.807, 2.05) is 36.6 Å². The Morgan fingerprint density at radius 3 is 2.79 bits per heavy atom. The molecule has 0 spiro atoms. The molecule has 0 radical (unpaired) electrons. The first-order valence-corrected chi connectivity index (χ1v) is 8.01. The second-order valence-electron chi connectivity index (χ2n) is 5.45. The number of methoxy groups -OCH3 is 1. The standard InChI is InChI=1S/C17H16IN2O2.CH3.U/c1-17-7-5-12(21-2)10-13(17)15(6-8-20-17)22-16-4-3-11(19)9-14(16)18;;/h3-4,6,8-10H,7,19H2,1-2H3;1H3;/q2*-1;+2/p+1. The summed E-state index contributed by atoms with van der Waals surface area (Å²) in [5.74, 6) is 2.33. The largest absolute Gasteiger partial charge is 2.00 e. The molecule has 24 heavy (non-hydrogen) atoms. The molecule has 1 aromatic carbocycles. The first kappa shape index (κ1) is 21.3. The topological polar surface area (TPSA) is 58.5 Å². The van der Waals surface area contributed by atoms with Gasteiger partial charge in [0.2, 0.25) is 0 Å². The number of halogens is 1. The van der Waals surface area contributed by atoms with Gasteiger partial charge in [-0.15, -0.1) is 0 Å². The number of nitrogens with two attached hydrogens (primary N) is 1.